The maximum Gasteiger partial charge on any atom is 0.237 e. The van der Waals surface area contributed by atoms with E-state index in [0.29, 0.717) is 15.9 Å². The van der Waals surface area contributed by atoms with Crippen LogP contribution < -0.4 is 10.6 Å². The Morgan fingerprint density at radius 3 is 2.57 bits per heavy atom. The zero-order valence-corrected chi connectivity index (χ0v) is 15.7. The number of nitrogens with one attached hydrogen (secondary N) is 2. The summed E-state index contributed by atoms with van der Waals surface area (Å²) in [5.41, 5.74) is 0.744. The van der Waals surface area contributed by atoms with Gasteiger partial charge in [-0.2, -0.15) is 0 Å². The molecule has 2 aromatic rings. The van der Waals surface area contributed by atoms with Crippen LogP contribution in [0.5, 0.6) is 0 Å². The Morgan fingerprint density at radius 1 is 1.26 bits per heavy atom. The highest BCUT2D eigenvalue weighted by molar-refractivity contribution is 9.10. The number of thioether (sulfide) groups is 1. The van der Waals surface area contributed by atoms with Crippen molar-refractivity contribution in [2.75, 3.05) is 10.6 Å². The number of benzene rings is 1. The lowest BCUT2D eigenvalue weighted by molar-refractivity contribution is -0.116. The van der Waals surface area contributed by atoms with Gasteiger partial charge in [-0.05, 0) is 30.7 Å². The molecule has 6 nitrogen and oxygen atoms in total. The molecule has 1 aromatic heterocycles. The smallest absolute Gasteiger partial charge is 0.237 e. The summed E-state index contributed by atoms with van der Waals surface area (Å²) >= 11 is 5.95. The molecule has 122 valence electrons. The van der Waals surface area contributed by atoms with Crippen LogP contribution in [0.3, 0.4) is 0 Å². The van der Waals surface area contributed by atoms with Crippen LogP contribution >= 0.6 is 39.0 Å². The van der Waals surface area contributed by atoms with E-state index in [2.05, 4.69) is 36.8 Å². The van der Waals surface area contributed by atoms with Gasteiger partial charge in [0.15, 0.2) is 4.34 Å². The summed E-state index contributed by atoms with van der Waals surface area (Å²) in [6.45, 7) is 3.35. The van der Waals surface area contributed by atoms with E-state index in [1.54, 1.807) is 0 Å². The zero-order chi connectivity index (χ0) is 16.8. The van der Waals surface area contributed by atoms with E-state index in [0.717, 1.165) is 10.2 Å². The second-order valence-corrected chi connectivity index (χ2v) is 7.91. The van der Waals surface area contributed by atoms with Gasteiger partial charge in [0.1, 0.15) is 0 Å². The third-order valence-corrected chi connectivity index (χ3v) is 5.52. The highest BCUT2D eigenvalue weighted by Gasteiger charge is 2.20. The molecule has 0 aliphatic heterocycles. The summed E-state index contributed by atoms with van der Waals surface area (Å²) < 4.78 is 1.60. The van der Waals surface area contributed by atoms with Crippen molar-refractivity contribution in [2.45, 2.75) is 29.9 Å². The van der Waals surface area contributed by atoms with E-state index in [4.69, 9.17) is 0 Å². The van der Waals surface area contributed by atoms with Gasteiger partial charge in [-0.1, -0.05) is 46.0 Å². The number of aromatic nitrogens is 2. The minimum absolute atomic E-state index is 0.0869. The minimum Gasteiger partial charge on any atom is -0.325 e. The van der Waals surface area contributed by atoms with E-state index in [-0.39, 0.29) is 17.1 Å². The predicted octanol–water partition coefficient (Wildman–Crippen LogP) is 3.77. The molecule has 2 rings (SSSR count). The van der Waals surface area contributed by atoms with Crippen molar-refractivity contribution in [3.8, 4) is 0 Å². The quantitative estimate of drug-likeness (QED) is 0.554. The first kappa shape index (κ1) is 17.9. The summed E-state index contributed by atoms with van der Waals surface area (Å²) in [5.74, 6) is -0.283. The predicted molar refractivity (Wildman–Crippen MR) is 96.9 cm³/mol. The molecule has 0 saturated carbocycles. The highest BCUT2D eigenvalue weighted by Crippen LogP contribution is 2.31. The third kappa shape index (κ3) is 5.60. The first-order valence-electron chi connectivity index (χ1n) is 6.82. The van der Waals surface area contributed by atoms with Crippen LogP contribution in [0, 0.1) is 0 Å². The van der Waals surface area contributed by atoms with E-state index in [9.17, 15) is 9.59 Å². The molecule has 0 aliphatic rings. The van der Waals surface area contributed by atoms with Crippen molar-refractivity contribution < 1.29 is 9.59 Å². The number of carbonyl (C=O) groups excluding carboxylic acids is 2. The number of rotatable bonds is 6. The van der Waals surface area contributed by atoms with Crippen molar-refractivity contribution in [1.29, 1.82) is 0 Å². The van der Waals surface area contributed by atoms with Gasteiger partial charge < -0.3 is 10.6 Å². The molecule has 23 heavy (non-hydrogen) atoms. The lowest BCUT2D eigenvalue weighted by Gasteiger charge is -2.13. The monoisotopic (exact) mass is 414 g/mol. The molecule has 0 saturated heterocycles. The van der Waals surface area contributed by atoms with Crippen molar-refractivity contribution in [2.24, 2.45) is 0 Å². The number of hydrogen-bond acceptors (Lipinski definition) is 6. The number of hydrogen-bond donors (Lipinski definition) is 2. The average Bonchev–Trinajstić information content (AvgIpc) is 2.93. The van der Waals surface area contributed by atoms with Crippen LogP contribution in [-0.2, 0) is 9.59 Å². The average molecular weight is 415 g/mol. The maximum atomic E-state index is 12.4. The molecule has 2 N–H and O–H groups in total. The molecule has 9 heteroatoms. The van der Waals surface area contributed by atoms with Crippen LogP contribution in [-0.4, -0.2) is 27.3 Å². The lowest BCUT2D eigenvalue weighted by Crippen LogP contribution is -2.24. The molecule has 0 bridgehead atoms. The van der Waals surface area contributed by atoms with E-state index in [1.807, 2.05) is 31.2 Å². The molecule has 0 radical (unpaired) electrons. The minimum atomic E-state index is -0.281. The van der Waals surface area contributed by atoms with Crippen LogP contribution in [0.1, 0.15) is 20.3 Å². The fraction of sp³-hybridized carbons (Fsp3) is 0.286. The molecule has 0 fully saturated rings. The molecule has 2 amide bonds. The molecule has 1 atom stereocenters. The Bertz CT molecular complexity index is 690. The Hall–Kier alpha value is -1.45. The molecular weight excluding hydrogens is 400 g/mol. The molecule has 0 spiro atoms. The fourth-order valence-electron chi connectivity index (χ4n) is 1.66. The van der Waals surface area contributed by atoms with Crippen molar-refractivity contribution in [3.05, 3.63) is 28.7 Å². The van der Waals surface area contributed by atoms with Crippen molar-refractivity contribution >= 4 is 61.7 Å². The van der Waals surface area contributed by atoms with Gasteiger partial charge in [0.2, 0.25) is 16.9 Å². The summed E-state index contributed by atoms with van der Waals surface area (Å²) in [7, 11) is 0. The lowest BCUT2D eigenvalue weighted by atomic mass is 10.3. The summed E-state index contributed by atoms with van der Waals surface area (Å²) in [5, 5.41) is 13.5. The molecule has 0 aliphatic carbocycles. The Balaban J connectivity index is 1.98. The van der Waals surface area contributed by atoms with Crippen LogP contribution in [0.25, 0.3) is 0 Å². The van der Waals surface area contributed by atoms with Gasteiger partial charge in [0.05, 0.1) is 5.25 Å². The summed E-state index contributed by atoms with van der Waals surface area (Å²) in [4.78, 5) is 23.4. The number of carbonyl (C=O) groups is 2. The van der Waals surface area contributed by atoms with Gasteiger partial charge in [-0.25, -0.2) is 0 Å². The zero-order valence-electron chi connectivity index (χ0n) is 12.5. The Morgan fingerprint density at radius 2 is 1.96 bits per heavy atom. The van der Waals surface area contributed by atoms with Gasteiger partial charge in [-0.15, -0.1) is 10.2 Å². The van der Waals surface area contributed by atoms with Gasteiger partial charge >= 0.3 is 0 Å². The van der Waals surface area contributed by atoms with Gasteiger partial charge in [-0.3, -0.25) is 9.59 Å². The van der Waals surface area contributed by atoms with Gasteiger partial charge in [0.25, 0.3) is 0 Å². The number of anilines is 2. The Kier molecular flexibility index (Phi) is 6.55. The molecule has 1 aromatic carbocycles. The highest BCUT2D eigenvalue weighted by atomic mass is 79.9. The first-order chi connectivity index (χ1) is 11.0. The van der Waals surface area contributed by atoms with Crippen LogP contribution in [0.4, 0.5) is 10.8 Å². The van der Waals surface area contributed by atoms with E-state index in [1.165, 1.54) is 30.0 Å². The van der Waals surface area contributed by atoms with Crippen LogP contribution in [0.2, 0.25) is 0 Å². The molecular formula is C14H15BrN4O2S2. The third-order valence-electron chi connectivity index (χ3n) is 2.71. The normalized spacial score (nSPS) is 11.8. The summed E-state index contributed by atoms with van der Waals surface area (Å²) in [6, 6.07) is 7.40. The maximum absolute atomic E-state index is 12.4. The standard InChI is InChI=1S/C14H15BrN4O2S2/c1-3-11(12(21)17-10-6-4-9(15)5-7-10)22-14-19-18-13(23-14)16-8(2)20/h4-7,11H,3H2,1-2H3,(H,17,21)(H,16,18,20). The van der Waals surface area contributed by atoms with Crippen molar-refractivity contribution in [1.82, 2.24) is 10.2 Å². The second-order valence-electron chi connectivity index (χ2n) is 4.57. The Labute approximate surface area is 150 Å². The number of nitrogens with zero attached hydrogens (tertiary/aromatic N) is 2. The SMILES string of the molecule is CCC(Sc1nnc(NC(C)=O)s1)C(=O)Nc1ccc(Br)cc1. The largest absolute Gasteiger partial charge is 0.325 e. The molecule has 1 heterocycles. The number of halogens is 1. The fourth-order valence-corrected chi connectivity index (χ4v) is 3.89. The second kappa shape index (κ2) is 8.42. The first-order valence-corrected chi connectivity index (χ1v) is 9.31. The van der Waals surface area contributed by atoms with E-state index >= 15 is 0 Å². The number of amides is 2. The summed E-state index contributed by atoms with van der Waals surface area (Å²) in [6.07, 6.45) is 0.655. The van der Waals surface area contributed by atoms with Gasteiger partial charge in [0, 0.05) is 17.1 Å². The van der Waals surface area contributed by atoms with Crippen LogP contribution in [0.15, 0.2) is 33.1 Å². The molecule has 1 unspecified atom stereocenters. The van der Waals surface area contributed by atoms with Crippen molar-refractivity contribution in [3.63, 3.8) is 0 Å². The topological polar surface area (TPSA) is 84.0 Å². The van der Waals surface area contributed by atoms with E-state index < -0.39 is 0 Å².